The summed E-state index contributed by atoms with van der Waals surface area (Å²) in [4.78, 5) is 0. The van der Waals surface area contributed by atoms with E-state index in [9.17, 15) is 0 Å². The predicted molar refractivity (Wildman–Crippen MR) is 95.7 cm³/mol. The molecule has 0 heterocycles. The van der Waals surface area contributed by atoms with Gasteiger partial charge in [0, 0.05) is 0 Å². The Labute approximate surface area is 136 Å². The van der Waals surface area contributed by atoms with Crippen LogP contribution in [0.2, 0.25) is 0 Å². The van der Waals surface area contributed by atoms with Gasteiger partial charge in [-0.3, -0.25) is 0 Å². The van der Waals surface area contributed by atoms with Crippen LogP contribution in [-0.2, 0) is 6.42 Å². The van der Waals surface area contributed by atoms with Gasteiger partial charge in [-0.2, -0.15) is 0 Å². The molecular formula is C21H32O. The topological polar surface area (TPSA) is 9.23 Å². The highest BCUT2D eigenvalue weighted by molar-refractivity contribution is 5.39. The van der Waals surface area contributed by atoms with Crippen molar-refractivity contribution in [3.05, 3.63) is 41.5 Å². The van der Waals surface area contributed by atoms with E-state index in [1.54, 1.807) is 0 Å². The SMILES string of the molecule is CCC=CC1CCC(c2ccc(OCC)c(CCC)c2)CC1. The van der Waals surface area contributed by atoms with Gasteiger partial charge in [-0.15, -0.1) is 0 Å². The molecule has 0 spiro atoms. The number of rotatable bonds is 7. The molecule has 1 saturated carbocycles. The van der Waals surface area contributed by atoms with Crippen molar-refractivity contribution in [3.8, 4) is 5.75 Å². The van der Waals surface area contributed by atoms with Gasteiger partial charge >= 0.3 is 0 Å². The number of hydrogen-bond donors (Lipinski definition) is 0. The van der Waals surface area contributed by atoms with Crippen molar-refractivity contribution in [1.82, 2.24) is 0 Å². The van der Waals surface area contributed by atoms with Crippen molar-refractivity contribution in [2.24, 2.45) is 5.92 Å². The van der Waals surface area contributed by atoms with E-state index < -0.39 is 0 Å². The van der Waals surface area contributed by atoms with Gasteiger partial charge in [0.05, 0.1) is 6.61 Å². The van der Waals surface area contributed by atoms with Crippen LogP contribution in [-0.4, -0.2) is 6.61 Å². The minimum absolute atomic E-state index is 0.748. The van der Waals surface area contributed by atoms with Crippen LogP contribution in [0.3, 0.4) is 0 Å². The van der Waals surface area contributed by atoms with E-state index in [2.05, 4.69) is 51.1 Å². The van der Waals surface area contributed by atoms with E-state index in [1.807, 2.05) is 0 Å². The molecule has 1 nitrogen and oxygen atoms in total. The highest BCUT2D eigenvalue weighted by atomic mass is 16.5. The Bertz CT molecular complexity index is 467. The standard InChI is InChI=1S/C21H32O/c1-4-7-9-17-10-12-18(13-11-17)19-14-15-21(22-6-3)20(16-19)8-5-2/h7,9,14-18H,4-6,8,10-13H2,1-3H3. The van der Waals surface area contributed by atoms with Crippen LogP contribution >= 0.6 is 0 Å². The Kier molecular flexibility index (Phi) is 7.02. The molecule has 2 rings (SSSR count). The third kappa shape index (κ3) is 4.63. The van der Waals surface area contributed by atoms with Gasteiger partial charge in [0.25, 0.3) is 0 Å². The normalized spacial score (nSPS) is 22.1. The molecule has 0 amide bonds. The monoisotopic (exact) mass is 300 g/mol. The fourth-order valence-corrected chi connectivity index (χ4v) is 3.59. The number of hydrogen-bond acceptors (Lipinski definition) is 1. The zero-order valence-corrected chi connectivity index (χ0v) is 14.6. The summed E-state index contributed by atoms with van der Waals surface area (Å²) in [5.74, 6) is 2.65. The second-order valence-corrected chi connectivity index (χ2v) is 6.50. The lowest BCUT2D eigenvalue weighted by Gasteiger charge is -2.27. The lowest BCUT2D eigenvalue weighted by atomic mass is 9.78. The van der Waals surface area contributed by atoms with Gasteiger partial charge < -0.3 is 4.74 Å². The van der Waals surface area contributed by atoms with Crippen molar-refractivity contribution in [1.29, 1.82) is 0 Å². The highest BCUT2D eigenvalue weighted by Crippen LogP contribution is 2.37. The third-order valence-electron chi connectivity index (χ3n) is 4.79. The first-order chi connectivity index (χ1) is 10.8. The van der Waals surface area contributed by atoms with Crippen molar-refractivity contribution in [2.45, 2.75) is 71.6 Å². The second-order valence-electron chi connectivity index (χ2n) is 6.50. The number of ether oxygens (including phenoxy) is 1. The van der Waals surface area contributed by atoms with Gasteiger partial charge in [0.15, 0.2) is 0 Å². The first-order valence-electron chi connectivity index (χ1n) is 9.20. The Morgan fingerprint density at radius 3 is 2.50 bits per heavy atom. The Balaban J connectivity index is 2.03. The molecule has 1 aromatic carbocycles. The molecule has 1 aliphatic carbocycles. The molecule has 22 heavy (non-hydrogen) atoms. The molecule has 1 aliphatic rings. The fourth-order valence-electron chi connectivity index (χ4n) is 3.59. The maximum Gasteiger partial charge on any atom is 0.122 e. The van der Waals surface area contributed by atoms with Crippen LogP contribution in [0.15, 0.2) is 30.4 Å². The first kappa shape index (κ1) is 17.1. The van der Waals surface area contributed by atoms with Gasteiger partial charge in [-0.1, -0.05) is 44.6 Å². The summed E-state index contributed by atoms with van der Waals surface area (Å²) in [6, 6.07) is 6.92. The van der Waals surface area contributed by atoms with Gasteiger partial charge in [0.1, 0.15) is 5.75 Å². The summed E-state index contributed by atoms with van der Waals surface area (Å²) in [7, 11) is 0. The average Bonchev–Trinajstić information content (AvgIpc) is 2.55. The molecule has 0 saturated heterocycles. The molecule has 0 unspecified atom stereocenters. The summed E-state index contributed by atoms with van der Waals surface area (Å²) < 4.78 is 5.78. The molecule has 1 fully saturated rings. The highest BCUT2D eigenvalue weighted by Gasteiger charge is 2.21. The summed E-state index contributed by atoms with van der Waals surface area (Å²) in [6.07, 6.45) is 13.6. The first-order valence-corrected chi connectivity index (χ1v) is 9.20. The van der Waals surface area contributed by atoms with E-state index in [0.717, 1.165) is 30.6 Å². The lowest BCUT2D eigenvalue weighted by Crippen LogP contribution is -2.12. The molecule has 0 radical (unpaired) electrons. The van der Waals surface area contributed by atoms with Gasteiger partial charge in [-0.25, -0.2) is 0 Å². The Morgan fingerprint density at radius 1 is 1.09 bits per heavy atom. The van der Waals surface area contributed by atoms with E-state index in [1.165, 1.54) is 49.7 Å². The molecule has 122 valence electrons. The van der Waals surface area contributed by atoms with Crippen LogP contribution in [0.1, 0.15) is 76.3 Å². The van der Waals surface area contributed by atoms with Gasteiger partial charge in [0.2, 0.25) is 0 Å². The summed E-state index contributed by atoms with van der Waals surface area (Å²) in [5, 5.41) is 0. The maximum atomic E-state index is 5.78. The largest absolute Gasteiger partial charge is 0.494 e. The summed E-state index contributed by atoms with van der Waals surface area (Å²) in [6.45, 7) is 7.28. The van der Waals surface area contributed by atoms with Crippen LogP contribution < -0.4 is 4.74 Å². The number of benzene rings is 1. The maximum absolute atomic E-state index is 5.78. The van der Waals surface area contributed by atoms with E-state index in [0.29, 0.717) is 0 Å². The molecule has 0 aromatic heterocycles. The minimum atomic E-state index is 0.748. The number of aryl methyl sites for hydroxylation is 1. The molecule has 0 N–H and O–H groups in total. The summed E-state index contributed by atoms with van der Waals surface area (Å²) in [5.41, 5.74) is 2.93. The van der Waals surface area contributed by atoms with E-state index in [-0.39, 0.29) is 0 Å². The van der Waals surface area contributed by atoms with Crippen molar-refractivity contribution < 1.29 is 4.74 Å². The van der Waals surface area contributed by atoms with Gasteiger partial charge in [-0.05, 0) is 74.5 Å². The Hall–Kier alpha value is -1.24. The molecule has 1 aromatic rings. The molecule has 0 aliphatic heterocycles. The van der Waals surface area contributed by atoms with E-state index >= 15 is 0 Å². The zero-order valence-electron chi connectivity index (χ0n) is 14.6. The quantitative estimate of drug-likeness (QED) is 0.539. The van der Waals surface area contributed by atoms with Crippen molar-refractivity contribution in [2.75, 3.05) is 6.61 Å². The average molecular weight is 300 g/mol. The van der Waals surface area contributed by atoms with E-state index in [4.69, 9.17) is 4.74 Å². The smallest absolute Gasteiger partial charge is 0.122 e. The minimum Gasteiger partial charge on any atom is -0.494 e. The third-order valence-corrected chi connectivity index (χ3v) is 4.79. The molecule has 0 bridgehead atoms. The summed E-state index contributed by atoms with van der Waals surface area (Å²) >= 11 is 0. The van der Waals surface area contributed by atoms with Crippen molar-refractivity contribution >= 4 is 0 Å². The zero-order chi connectivity index (χ0) is 15.8. The van der Waals surface area contributed by atoms with Crippen LogP contribution in [0.4, 0.5) is 0 Å². The van der Waals surface area contributed by atoms with Crippen LogP contribution in [0, 0.1) is 5.92 Å². The molecule has 1 heteroatoms. The van der Waals surface area contributed by atoms with Crippen molar-refractivity contribution in [3.63, 3.8) is 0 Å². The molecule has 0 atom stereocenters. The Morgan fingerprint density at radius 2 is 1.86 bits per heavy atom. The second kappa shape index (κ2) is 9.02. The lowest BCUT2D eigenvalue weighted by molar-refractivity contribution is 0.335. The predicted octanol–water partition coefficient (Wildman–Crippen LogP) is 6.28. The van der Waals surface area contributed by atoms with Crippen LogP contribution in [0.5, 0.6) is 5.75 Å². The fraction of sp³-hybridized carbons (Fsp3) is 0.619. The molecular weight excluding hydrogens is 268 g/mol. The van der Waals surface area contributed by atoms with Crippen LogP contribution in [0.25, 0.3) is 0 Å². The number of allylic oxidation sites excluding steroid dienone is 2.